The molecule has 0 atom stereocenters. The van der Waals surface area contributed by atoms with Crippen molar-refractivity contribution >= 4 is 17.6 Å². The Morgan fingerprint density at radius 2 is 1.63 bits per heavy atom. The number of carbonyl (C=O) groups excluding carboxylic acids is 2. The van der Waals surface area contributed by atoms with Gasteiger partial charge >= 0.3 is 5.97 Å². The first-order chi connectivity index (χ1) is 13.1. The number of anilines is 1. The van der Waals surface area contributed by atoms with Crippen molar-refractivity contribution in [3.8, 4) is 11.5 Å². The number of rotatable bonds is 5. The first-order valence-corrected chi connectivity index (χ1v) is 9.10. The highest BCUT2D eigenvalue weighted by Crippen LogP contribution is 2.28. The monoisotopic (exact) mass is 368 g/mol. The van der Waals surface area contributed by atoms with Gasteiger partial charge < -0.3 is 19.3 Å². The third-order valence-electron chi connectivity index (χ3n) is 4.61. The molecule has 1 heterocycles. The molecule has 142 valence electrons. The van der Waals surface area contributed by atoms with Gasteiger partial charge in [0.25, 0.3) is 5.91 Å². The summed E-state index contributed by atoms with van der Waals surface area (Å²) < 4.78 is 10.6. The van der Waals surface area contributed by atoms with E-state index in [-0.39, 0.29) is 11.9 Å². The Morgan fingerprint density at radius 3 is 2.26 bits per heavy atom. The quantitative estimate of drug-likeness (QED) is 0.600. The second kappa shape index (κ2) is 8.58. The van der Waals surface area contributed by atoms with E-state index in [2.05, 4.69) is 4.90 Å². The highest BCUT2D eigenvalue weighted by molar-refractivity contribution is 5.94. The highest BCUT2D eigenvalue weighted by atomic mass is 16.5. The minimum absolute atomic E-state index is 0.0111. The van der Waals surface area contributed by atoms with E-state index in [1.54, 1.807) is 38.3 Å². The summed E-state index contributed by atoms with van der Waals surface area (Å²) in [5.41, 5.74) is 1.64. The van der Waals surface area contributed by atoms with Crippen molar-refractivity contribution in [3.05, 3.63) is 54.1 Å². The number of para-hydroxylation sites is 2. The smallest absolute Gasteiger partial charge is 0.310 e. The van der Waals surface area contributed by atoms with Crippen LogP contribution in [0.25, 0.3) is 0 Å². The van der Waals surface area contributed by atoms with E-state index in [1.807, 2.05) is 29.2 Å². The van der Waals surface area contributed by atoms with Crippen LogP contribution >= 0.6 is 0 Å². The SMILES string of the molecule is CCC(=O)Oc1ccc(C(=O)N2CCN(c3ccccc3OC)CC2)cc1. The fourth-order valence-corrected chi connectivity index (χ4v) is 3.09. The van der Waals surface area contributed by atoms with Crippen LogP contribution in [-0.2, 0) is 4.79 Å². The highest BCUT2D eigenvalue weighted by Gasteiger charge is 2.23. The van der Waals surface area contributed by atoms with Crippen LogP contribution in [-0.4, -0.2) is 50.1 Å². The molecule has 2 aromatic rings. The Bertz CT molecular complexity index is 796. The maximum Gasteiger partial charge on any atom is 0.310 e. The van der Waals surface area contributed by atoms with Gasteiger partial charge in [0, 0.05) is 38.2 Å². The molecule has 1 aliphatic heterocycles. The van der Waals surface area contributed by atoms with E-state index in [9.17, 15) is 9.59 Å². The molecule has 0 bridgehead atoms. The third kappa shape index (κ3) is 4.39. The lowest BCUT2D eigenvalue weighted by atomic mass is 10.1. The van der Waals surface area contributed by atoms with Gasteiger partial charge in [-0.1, -0.05) is 19.1 Å². The average molecular weight is 368 g/mol. The van der Waals surface area contributed by atoms with Gasteiger partial charge in [0.15, 0.2) is 0 Å². The molecule has 0 N–H and O–H groups in total. The summed E-state index contributed by atoms with van der Waals surface area (Å²) in [7, 11) is 1.67. The van der Waals surface area contributed by atoms with Gasteiger partial charge in [0.1, 0.15) is 11.5 Å². The van der Waals surface area contributed by atoms with Crippen LogP contribution in [0, 0.1) is 0 Å². The predicted molar refractivity (Wildman–Crippen MR) is 103 cm³/mol. The van der Waals surface area contributed by atoms with E-state index >= 15 is 0 Å². The van der Waals surface area contributed by atoms with Crippen molar-refractivity contribution in [1.29, 1.82) is 0 Å². The second-order valence-corrected chi connectivity index (χ2v) is 6.30. The zero-order valence-electron chi connectivity index (χ0n) is 15.7. The average Bonchev–Trinajstić information content (AvgIpc) is 2.73. The summed E-state index contributed by atoms with van der Waals surface area (Å²) >= 11 is 0. The van der Waals surface area contributed by atoms with Crippen molar-refractivity contribution in [2.45, 2.75) is 13.3 Å². The lowest BCUT2D eigenvalue weighted by molar-refractivity contribution is -0.134. The Morgan fingerprint density at radius 1 is 0.963 bits per heavy atom. The molecule has 0 aromatic heterocycles. The molecule has 0 radical (unpaired) electrons. The number of amides is 1. The molecule has 2 aromatic carbocycles. The first-order valence-electron chi connectivity index (χ1n) is 9.10. The Labute approximate surface area is 159 Å². The zero-order valence-corrected chi connectivity index (χ0v) is 15.7. The summed E-state index contributed by atoms with van der Waals surface area (Å²) in [6.45, 7) is 4.52. The minimum atomic E-state index is -0.290. The molecule has 0 spiro atoms. The number of benzene rings is 2. The lowest BCUT2D eigenvalue weighted by Gasteiger charge is -2.36. The van der Waals surface area contributed by atoms with Crippen LogP contribution in [0.15, 0.2) is 48.5 Å². The molecule has 3 rings (SSSR count). The van der Waals surface area contributed by atoms with Gasteiger partial charge in [-0.3, -0.25) is 9.59 Å². The molecule has 1 aliphatic rings. The number of carbonyl (C=O) groups is 2. The lowest BCUT2D eigenvalue weighted by Crippen LogP contribution is -2.48. The fraction of sp³-hybridized carbons (Fsp3) is 0.333. The molecule has 27 heavy (non-hydrogen) atoms. The molecule has 1 saturated heterocycles. The Hall–Kier alpha value is -3.02. The van der Waals surface area contributed by atoms with E-state index in [1.165, 1.54) is 0 Å². The summed E-state index contributed by atoms with van der Waals surface area (Å²) in [6.07, 6.45) is 0.317. The van der Waals surface area contributed by atoms with E-state index in [0.717, 1.165) is 24.5 Å². The minimum Gasteiger partial charge on any atom is -0.495 e. The molecule has 0 saturated carbocycles. The van der Waals surface area contributed by atoms with Crippen LogP contribution in [0.1, 0.15) is 23.7 Å². The Balaban J connectivity index is 1.60. The predicted octanol–water partition coefficient (Wildman–Crippen LogP) is 2.97. The maximum atomic E-state index is 12.7. The van der Waals surface area contributed by atoms with Gasteiger partial charge in [0.2, 0.25) is 0 Å². The molecular formula is C21H24N2O4. The number of hydrogen-bond acceptors (Lipinski definition) is 5. The van der Waals surface area contributed by atoms with Gasteiger partial charge in [-0.15, -0.1) is 0 Å². The van der Waals surface area contributed by atoms with Crippen LogP contribution in [0.3, 0.4) is 0 Å². The van der Waals surface area contributed by atoms with E-state index < -0.39 is 0 Å². The van der Waals surface area contributed by atoms with Gasteiger partial charge in [-0.25, -0.2) is 0 Å². The van der Waals surface area contributed by atoms with E-state index in [0.29, 0.717) is 30.8 Å². The van der Waals surface area contributed by atoms with Crippen molar-refractivity contribution in [1.82, 2.24) is 4.90 Å². The topological polar surface area (TPSA) is 59.1 Å². The summed E-state index contributed by atoms with van der Waals surface area (Å²) in [4.78, 5) is 28.1. The molecular weight excluding hydrogens is 344 g/mol. The molecule has 0 aliphatic carbocycles. The Kier molecular flexibility index (Phi) is 5.96. The zero-order chi connectivity index (χ0) is 19.2. The number of ether oxygens (including phenoxy) is 2. The summed E-state index contributed by atoms with van der Waals surface area (Å²) in [6, 6.07) is 14.6. The third-order valence-corrected chi connectivity index (χ3v) is 4.61. The van der Waals surface area contributed by atoms with E-state index in [4.69, 9.17) is 9.47 Å². The fourth-order valence-electron chi connectivity index (χ4n) is 3.09. The number of hydrogen-bond donors (Lipinski definition) is 0. The molecule has 1 fully saturated rings. The molecule has 0 unspecified atom stereocenters. The number of esters is 1. The van der Waals surface area contributed by atoms with Crippen LogP contribution in [0.4, 0.5) is 5.69 Å². The van der Waals surface area contributed by atoms with Crippen molar-refractivity contribution in [3.63, 3.8) is 0 Å². The summed E-state index contributed by atoms with van der Waals surface area (Å²) in [5.74, 6) is 0.999. The summed E-state index contributed by atoms with van der Waals surface area (Å²) in [5, 5.41) is 0. The van der Waals surface area contributed by atoms with Crippen molar-refractivity contribution in [2.75, 3.05) is 38.2 Å². The molecule has 6 heteroatoms. The van der Waals surface area contributed by atoms with Gasteiger partial charge in [-0.05, 0) is 36.4 Å². The number of methoxy groups -OCH3 is 1. The van der Waals surface area contributed by atoms with Crippen LogP contribution in [0.5, 0.6) is 11.5 Å². The number of piperazine rings is 1. The van der Waals surface area contributed by atoms with Crippen molar-refractivity contribution < 1.29 is 19.1 Å². The van der Waals surface area contributed by atoms with Crippen LogP contribution in [0.2, 0.25) is 0 Å². The molecule has 1 amide bonds. The maximum absolute atomic E-state index is 12.7. The molecule has 6 nitrogen and oxygen atoms in total. The first kappa shape index (κ1) is 18.8. The van der Waals surface area contributed by atoms with Crippen molar-refractivity contribution in [2.24, 2.45) is 0 Å². The second-order valence-electron chi connectivity index (χ2n) is 6.30. The standard InChI is InChI=1S/C21H24N2O4/c1-3-20(24)27-17-10-8-16(9-11-17)21(25)23-14-12-22(13-15-23)18-6-4-5-7-19(18)26-2/h4-11H,3,12-15H2,1-2H3. The van der Waals surface area contributed by atoms with Gasteiger partial charge in [-0.2, -0.15) is 0 Å². The normalized spacial score (nSPS) is 14.0. The largest absolute Gasteiger partial charge is 0.495 e. The van der Waals surface area contributed by atoms with Crippen LogP contribution < -0.4 is 14.4 Å². The number of nitrogens with zero attached hydrogens (tertiary/aromatic N) is 2. The van der Waals surface area contributed by atoms with Gasteiger partial charge in [0.05, 0.1) is 12.8 Å².